The number of carbonyl (C=O) groups excluding carboxylic acids is 2. The van der Waals surface area contributed by atoms with E-state index < -0.39 is 29.1 Å². The second kappa shape index (κ2) is 7.69. The van der Waals surface area contributed by atoms with Gasteiger partial charge in [0.1, 0.15) is 5.75 Å². The van der Waals surface area contributed by atoms with Crippen LogP contribution < -0.4 is 10.6 Å². The van der Waals surface area contributed by atoms with Gasteiger partial charge in [0.15, 0.2) is 0 Å². The Kier molecular flexibility index (Phi) is 5.63. The summed E-state index contributed by atoms with van der Waals surface area (Å²) in [6.07, 6.45) is -4.63. The van der Waals surface area contributed by atoms with Crippen molar-refractivity contribution >= 4 is 11.8 Å². The highest BCUT2D eigenvalue weighted by Crippen LogP contribution is 2.31. The molecule has 0 atom stereocenters. The Morgan fingerprint density at radius 2 is 1.32 bits per heavy atom. The van der Waals surface area contributed by atoms with E-state index in [1.54, 1.807) is 12.1 Å². The minimum Gasteiger partial charge on any atom is -0.507 e. The lowest BCUT2D eigenvalue weighted by molar-refractivity contribution is -0.137. The van der Waals surface area contributed by atoms with Crippen LogP contribution in [0.1, 0.15) is 26.3 Å². The summed E-state index contributed by atoms with van der Waals surface area (Å²) in [6, 6.07) is 10.4. The Balaban J connectivity index is 1.90. The number of nitrogens with one attached hydrogen (secondary N) is 2. The van der Waals surface area contributed by atoms with Crippen molar-refractivity contribution in [3.63, 3.8) is 0 Å². The molecule has 132 valence electrons. The van der Waals surface area contributed by atoms with Crippen molar-refractivity contribution in [2.45, 2.75) is 6.18 Å². The number of alkyl halides is 3. The third-order valence-corrected chi connectivity index (χ3v) is 3.32. The molecule has 0 bridgehead atoms. The number of phenols is 1. The second-order valence-corrected chi connectivity index (χ2v) is 5.07. The van der Waals surface area contributed by atoms with Gasteiger partial charge in [-0.25, -0.2) is 0 Å². The van der Waals surface area contributed by atoms with Gasteiger partial charge in [-0.3, -0.25) is 9.59 Å². The molecule has 5 nitrogen and oxygen atoms in total. The van der Waals surface area contributed by atoms with Gasteiger partial charge in [-0.05, 0) is 24.3 Å². The number of rotatable bonds is 5. The van der Waals surface area contributed by atoms with Crippen molar-refractivity contribution in [2.24, 2.45) is 0 Å². The summed E-state index contributed by atoms with van der Waals surface area (Å²) in [5, 5.41) is 14.3. The van der Waals surface area contributed by atoms with E-state index in [9.17, 15) is 27.9 Å². The molecule has 0 radical (unpaired) electrons. The lowest BCUT2D eigenvalue weighted by Gasteiger charge is -2.13. The highest BCUT2D eigenvalue weighted by Gasteiger charge is 2.34. The van der Waals surface area contributed by atoms with Crippen molar-refractivity contribution in [1.82, 2.24) is 10.6 Å². The number of hydrogen-bond donors (Lipinski definition) is 3. The molecule has 0 saturated heterocycles. The van der Waals surface area contributed by atoms with Gasteiger partial charge >= 0.3 is 6.18 Å². The molecule has 0 heterocycles. The molecule has 0 spiro atoms. The fourth-order valence-corrected chi connectivity index (χ4v) is 2.14. The second-order valence-electron chi connectivity index (χ2n) is 5.07. The van der Waals surface area contributed by atoms with Gasteiger partial charge in [-0.15, -0.1) is 0 Å². The van der Waals surface area contributed by atoms with Crippen molar-refractivity contribution in [3.8, 4) is 5.75 Å². The normalized spacial score (nSPS) is 11.0. The standard InChI is InChI=1S/C17H15F3N2O3/c18-17(19,20)13-7-3-1-5-11(13)15(24)21-9-10-22-16(25)12-6-2-4-8-14(12)23/h1-8,23H,9-10H2,(H,21,24)(H,22,25). The van der Waals surface area contributed by atoms with Crippen LogP contribution in [0.5, 0.6) is 5.75 Å². The molecule has 0 aliphatic rings. The van der Waals surface area contributed by atoms with E-state index in [1.165, 1.54) is 24.3 Å². The van der Waals surface area contributed by atoms with E-state index in [0.29, 0.717) is 0 Å². The van der Waals surface area contributed by atoms with Crippen LogP contribution in [0.2, 0.25) is 0 Å². The fourth-order valence-electron chi connectivity index (χ4n) is 2.14. The largest absolute Gasteiger partial charge is 0.507 e. The molecule has 0 aliphatic carbocycles. The van der Waals surface area contributed by atoms with E-state index in [0.717, 1.165) is 12.1 Å². The van der Waals surface area contributed by atoms with Crippen LogP contribution >= 0.6 is 0 Å². The Morgan fingerprint density at radius 1 is 0.840 bits per heavy atom. The van der Waals surface area contributed by atoms with E-state index in [2.05, 4.69) is 10.6 Å². The number of aromatic hydroxyl groups is 1. The smallest absolute Gasteiger partial charge is 0.417 e. The average Bonchev–Trinajstić information content (AvgIpc) is 2.58. The molecule has 2 amide bonds. The lowest BCUT2D eigenvalue weighted by atomic mass is 10.1. The molecule has 2 aromatic rings. The van der Waals surface area contributed by atoms with Crippen LogP contribution in [0, 0.1) is 0 Å². The minimum absolute atomic E-state index is 0.00685. The molecule has 2 aromatic carbocycles. The average molecular weight is 352 g/mol. The zero-order chi connectivity index (χ0) is 18.4. The molecule has 3 N–H and O–H groups in total. The van der Waals surface area contributed by atoms with Crippen LogP contribution in [0.15, 0.2) is 48.5 Å². The van der Waals surface area contributed by atoms with Crippen molar-refractivity contribution in [3.05, 3.63) is 65.2 Å². The minimum atomic E-state index is -4.63. The van der Waals surface area contributed by atoms with Crippen molar-refractivity contribution in [2.75, 3.05) is 13.1 Å². The first-order chi connectivity index (χ1) is 11.8. The number of para-hydroxylation sites is 1. The Morgan fingerprint density at radius 3 is 1.88 bits per heavy atom. The monoisotopic (exact) mass is 352 g/mol. The van der Waals surface area contributed by atoms with Crippen molar-refractivity contribution < 1.29 is 27.9 Å². The lowest BCUT2D eigenvalue weighted by Crippen LogP contribution is -2.35. The fraction of sp³-hybridized carbons (Fsp3) is 0.176. The first-order valence-corrected chi connectivity index (χ1v) is 7.31. The zero-order valence-electron chi connectivity index (χ0n) is 12.9. The molecule has 0 aromatic heterocycles. The first-order valence-electron chi connectivity index (χ1n) is 7.31. The van der Waals surface area contributed by atoms with Gasteiger partial charge in [0.05, 0.1) is 16.7 Å². The van der Waals surface area contributed by atoms with Crippen LogP contribution in [0.3, 0.4) is 0 Å². The Labute approximate surface area is 141 Å². The summed E-state index contributed by atoms with van der Waals surface area (Å²) in [6.45, 7) is -0.0720. The maximum atomic E-state index is 12.9. The van der Waals surface area contributed by atoms with Gasteiger partial charge in [-0.1, -0.05) is 24.3 Å². The highest BCUT2D eigenvalue weighted by atomic mass is 19.4. The van der Waals surface area contributed by atoms with Crippen molar-refractivity contribution in [1.29, 1.82) is 0 Å². The van der Waals surface area contributed by atoms with Crippen LogP contribution in [0.4, 0.5) is 13.2 Å². The van der Waals surface area contributed by atoms with Gasteiger partial charge in [-0.2, -0.15) is 13.2 Å². The zero-order valence-corrected chi connectivity index (χ0v) is 12.9. The molecule has 25 heavy (non-hydrogen) atoms. The van der Waals surface area contributed by atoms with Crippen LogP contribution in [-0.4, -0.2) is 30.0 Å². The first kappa shape index (κ1) is 18.3. The quantitative estimate of drug-likeness (QED) is 0.724. The topological polar surface area (TPSA) is 78.4 Å². The van der Waals surface area contributed by atoms with E-state index in [-0.39, 0.29) is 24.4 Å². The summed E-state index contributed by atoms with van der Waals surface area (Å²) in [5.41, 5.74) is -1.44. The molecule has 0 saturated carbocycles. The summed E-state index contributed by atoms with van der Waals surface area (Å²) < 4.78 is 38.6. The summed E-state index contributed by atoms with van der Waals surface area (Å²) in [4.78, 5) is 23.8. The van der Waals surface area contributed by atoms with Gasteiger partial charge in [0.2, 0.25) is 0 Å². The number of amides is 2. The molecule has 2 rings (SSSR count). The van der Waals surface area contributed by atoms with Crippen LogP contribution in [-0.2, 0) is 6.18 Å². The number of phenolic OH excluding ortho intramolecular Hbond substituents is 1. The predicted octanol–water partition coefficient (Wildman–Crippen LogP) is 2.57. The molecule has 0 aliphatic heterocycles. The SMILES string of the molecule is O=C(NCCNC(=O)c1ccccc1C(F)(F)F)c1ccccc1O. The molecule has 8 heteroatoms. The molecular formula is C17H15F3N2O3. The molecular weight excluding hydrogens is 337 g/mol. The van der Waals surface area contributed by atoms with E-state index in [4.69, 9.17) is 0 Å². The number of halogens is 3. The van der Waals surface area contributed by atoms with E-state index >= 15 is 0 Å². The Bertz CT molecular complexity index is 776. The molecule has 0 fully saturated rings. The Hall–Kier alpha value is -3.03. The molecule has 0 unspecified atom stereocenters. The van der Waals surface area contributed by atoms with Gasteiger partial charge in [0, 0.05) is 13.1 Å². The number of hydrogen-bond acceptors (Lipinski definition) is 3. The summed E-state index contributed by atoms with van der Waals surface area (Å²) >= 11 is 0. The summed E-state index contributed by atoms with van der Waals surface area (Å²) in [7, 11) is 0. The maximum absolute atomic E-state index is 12.9. The summed E-state index contributed by atoms with van der Waals surface area (Å²) in [5.74, 6) is -1.63. The highest BCUT2D eigenvalue weighted by molar-refractivity contribution is 5.97. The maximum Gasteiger partial charge on any atom is 0.417 e. The number of benzene rings is 2. The predicted molar refractivity (Wildman–Crippen MR) is 84.2 cm³/mol. The van der Waals surface area contributed by atoms with Crippen LogP contribution in [0.25, 0.3) is 0 Å². The third kappa shape index (κ3) is 4.72. The number of carbonyl (C=O) groups is 2. The van der Waals surface area contributed by atoms with E-state index in [1.807, 2.05) is 0 Å². The third-order valence-electron chi connectivity index (χ3n) is 3.32. The van der Waals surface area contributed by atoms with Gasteiger partial charge < -0.3 is 15.7 Å². The van der Waals surface area contributed by atoms with Gasteiger partial charge in [0.25, 0.3) is 11.8 Å².